The van der Waals surface area contributed by atoms with Crippen LogP contribution in [0.3, 0.4) is 0 Å². The van der Waals surface area contributed by atoms with E-state index in [1.54, 1.807) is 6.61 Å². The molecule has 1 saturated heterocycles. The third-order valence-corrected chi connectivity index (χ3v) is 0.167. The maximum Gasteiger partial charge on any atom is 0 e. The van der Waals surface area contributed by atoms with E-state index in [9.17, 15) is 0 Å². The minimum Gasteiger partial charge on any atom is -0.574 e. The number of rotatable bonds is 0. The summed E-state index contributed by atoms with van der Waals surface area (Å²) in [5.74, 6) is 1.42. The molecule has 0 saturated carbocycles. The molecule has 0 amide bonds. The maximum atomic E-state index is 4.38. The van der Waals surface area contributed by atoms with Gasteiger partial charge in [0, 0.05) is 32.7 Å². The van der Waals surface area contributed by atoms with Crippen molar-refractivity contribution in [1.82, 2.24) is 0 Å². The van der Waals surface area contributed by atoms with Crippen molar-refractivity contribution in [1.29, 1.82) is 0 Å². The fourth-order valence-electron chi connectivity index (χ4n) is 0. The molecule has 0 aromatic rings. The fraction of sp³-hybridized carbons (Fsp3) is 0.667. The molecule has 8 heavy (non-hydrogen) atoms. The monoisotopic (exact) mass is 189 g/mol. The van der Waals surface area contributed by atoms with Crippen LogP contribution in [-0.4, -0.2) is 6.61 Å². The van der Waals surface area contributed by atoms with E-state index < -0.39 is 0 Å². The first-order chi connectivity index (χ1) is 3.23. The smallest absolute Gasteiger partial charge is 0 e. The number of hydrogen-bond acceptors (Lipinski definition) is 1. The van der Waals surface area contributed by atoms with Crippen molar-refractivity contribution >= 4 is 0 Å². The zero-order chi connectivity index (χ0) is 5.70. The van der Waals surface area contributed by atoms with Crippen molar-refractivity contribution in [2.45, 2.75) is 20.8 Å². The van der Waals surface area contributed by atoms with E-state index in [4.69, 9.17) is 0 Å². The molecule has 0 aliphatic carbocycles. The summed E-state index contributed by atoms with van der Waals surface area (Å²) >= 11 is 0. The van der Waals surface area contributed by atoms with Crippen molar-refractivity contribution in [3.63, 3.8) is 0 Å². The second-order valence-corrected chi connectivity index (χ2v) is 2.00. The Kier molecular flexibility index (Phi) is 11.9. The van der Waals surface area contributed by atoms with Crippen LogP contribution in [0.25, 0.3) is 0 Å². The van der Waals surface area contributed by atoms with Gasteiger partial charge in [-0.2, -0.15) is 27.4 Å². The molecule has 1 fully saturated rings. The normalized spacial score (nSPS) is 13.5. The van der Waals surface area contributed by atoms with E-state index in [0.29, 0.717) is 0 Å². The van der Waals surface area contributed by atoms with Crippen molar-refractivity contribution in [3.05, 3.63) is 12.5 Å². The topological polar surface area (TPSA) is 12.5 Å². The molecule has 1 heterocycles. The Morgan fingerprint density at radius 1 is 1.38 bits per heavy atom. The van der Waals surface area contributed by atoms with Crippen LogP contribution in [0.2, 0.25) is 0 Å². The molecule has 1 aliphatic rings. The van der Waals surface area contributed by atoms with Gasteiger partial charge < -0.3 is 10.7 Å². The molecule has 1 rings (SSSR count). The number of hydrogen-bond donors (Lipinski definition) is 0. The van der Waals surface area contributed by atoms with Gasteiger partial charge in [-0.15, -0.1) is 0 Å². The number of ether oxygens (including phenoxy) is 1. The van der Waals surface area contributed by atoms with E-state index in [1.165, 1.54) is 5.92 Å². The van der Waals surface area contributed by atoms with Crippen LogP contribution in [0.5, 0.6) is 0 Å². The Bertz CT molecular complexity index is 30.0. The summed E-state index contributed by atoms with van der Waals surface area (Å²) in [6.45, 7) is 8.88. The van der Waals surface area contributed by atoms with Crippen molar-refractivity contribution in [2.75, 3.05) is 6.61 Å². The third kappa shape index (κ3) is 61.0. The molecule has 0 spiro atoms. The first-order valence-corrected chi connectivity index (χ1v) is 2.43. The minimum absolute atomic E-state index is 0. The van der Waals surface area contributed by atoms with Crippen LogP contribution in [0.4, 0.5) is 0 Å². The molecule has 0 aromatic heterocycles. The first-order valence-electron chi connectivity index (χ1n) is 2.43. The largest absolute Gasteiger partial charge is 0.574 e. The van der Waals surface area contributed by atoms with Crippen molar-refractivity contribution in [2.24, 2.45) is 0 Å². The molecule has 1 aliphatic heterocycles. The standard InChI is InChI=1S/C4H9.C2H3O.Y/c1-4(2)3;1-2-3-1;/h1-3H3;1H,2H2;/q2*-1;. The Morgan fingerprint density at radius 3 is 1.50 bits per heavy atom. The van der Waals surface area contributed by atoms with Crippen LogP contribution in [0.15, 0.2) is 0 Å². The predicted molar refractivity (Wildman–Crippen MR) is 30.5 cm³/mol. The number of epoxide rings is 1. The van der Waals surface area contributed by atoms with Crippen molar-refractivity contribution in [3.8, 4) is 0 Å². The molecule has 0 aromatic carbocycles. The zero-order valence-corrected chi connectivity index (χ0v) is 8.61. The quantitative estimate of drug-likeness (QED) is 0.418. The molecule has 0 N–H and O–H groups in total. The second kappa shape index (κ2) is 8.06. The van der Waals surface area contributed by atoms with Crippen LogP contribution < -0.4 is 0 Å². The summed E-state index contributed by atoms with van der Waals surface area (Å²) in [6.07, 6.45) is 0. The average Bonchev–Trinajstić information content (AvgIpc) is 2.02. The van der Waals surface area contributed by atoms with Gasteiger partial charge in [0.1, 0.15) is 0 Å². The molecular formula is C6H12OY-2. The Hall–Kier alpha value is 1.06. The van der Waals surface area contributed by atoms with Gasteiger partial charge in [0.25, 0.3) is 0 Å². The summed E-state index contributed by atoms with van der Waals surface area (Å²) in [6, 6.07) is 0. The van der Waals surface area contributed by atoms with Gasteiger partial charge in [-0.3, -0.25) is 0 Å². The Labute approximate surface area is 77.1 Å². The molecule has 0 bridgehead atoms. The van der Waals surface area contributed by atoms with Gasteiger partial charge in [-0.05, 0) is 0 Å². The summed E-state index contributed by atoms with van der Waals surface area (Å²) in [5.41, 5.74) is 0. The molecular weight excluding hydrogens is 177 g/mol. The first kappa shape index (κ1) is 11.8. The van der Waals surface area contributed by atoms with E-state index in [1.807, 2.05) is 0 Å². The Balaban J connectivity index is 0. The van der Waals surface area contributed by atoms with E-state index >= 15 is 0 Å². The van der Waals surface area contributed by atoms with E-state index in [0.717, 1.165) is 6.61 Å². The van der Waals surface area contributed by atoms with Crippen LogP contribution >= 0.6 is 0 Å². The zero-order valence-electron chi connectivity index (χ0n) is 5.77. The van der Waals surface area contributed by atoms with E-state index in [2.05, 4.69) is 25.5 Å². The van der Waals surface area contributed by atoms with Crippen LogP contribution in [-0.2, 0) is 37.4 Å². The van der Waals surface area contributed by atoms with Gasteiger partial charge in [0.2, 0.25) is 0 Å². The molecule has 1 radical (unpaired) electrons. The van der Waals surface area contributed by atoms with E-state index in [-0.39, 0.29) is 32.7 Å². The Morgan fingerprint density at radius 2 is 1.50 bits per heavy atom. The van der Waals surface area contributed by atoms with Gasteiger partial charge in [-0.25, -0.2) is 0 Å². The molecule has 2 heteroatoms. The predicted octanol–water partition coefficient (Wildman–Crippen LogP) is 1.80. The summed E-state index contributed by atoms with van der Waals surface area (Å²) in [5, 5.41) is 0. The molecule has 1 nitrogen and oxygen atoms in total. The molecule has 0 unspecified atom stereocenters. The minimum atomic E-state index is 0. The average molecular weight is 189 g/mol. The summed E-state index contributed by atoms with van der Waals surface area (Å²) in [4.78, 5) is 0. The fourth-order valence-corrected chi connectivity index (χ4v) is 0. The van der Waals surface area contributed by atoms with Gasteiger partial charge in [0.15, 0.2) is 0 Å². The second-order valence-electron chi connectivity index (χ2n) is 2.00. The SMILES string of the molecule is C[C-](C)C.[CH-]1CO1.[Y]. The summed E-state index contributed by atoms with van der Waals surface area (Å²) in [7, 11) is 0. The van der Waals surface area contributed by atoms with Crippen LogP contribution in [0, 0.1) is 12.5 Å². The molecule has 47 valence electrons. The summed E-state index contributed by atoms with van der Waals surface area (Å²) < 4.78 is 4.38. The van der Waals surface area contributed by atoms with Crippen LogP contribution in [0.1, 0.15) is 20.8 Å². The van der Waals surface area contributed by atoms with Gasteiger partial charge in [-0.1, -0.05) is 6.61 Å². The maximum absolute atomic E-state index is 4.38. The molecule has 0 atom stereocenters. The third-order valence-electron chi connectivity index (χ3n) is 0.167. The van der Waals surface area contributed by atoms with Gasteiger partial charge >= 0.3 is 0 Å². The van der Waals surface area contributed by atoms with Gasteiger partial charge in [0.05, 0.1) is 0 Å². The van der Waals surface area contributed by atoms with Crippen molar-refractivity contribution < 1.29 is 37.4 Å².